The number of hydrazine groups is 1. The van der Waals surface area contributed by atoms with E-state index in [9.17, 15) is 14.4 Å². The molecular weight excluding hydrogens is 428 g/mol. The zero-order valence-electron chi connectivity index (χ0n) is 14.4. The summed E-state index contributed by atoms with van der Waals surface area (Å²) >= 11 is 3.46. The van der Waals surface area contributed by atoms with Crippen molar-refractivity contribution in [1.29, 1.82) is 0 Å². The minimum Gasteiger partial charge on any atom is -0.483 e. The van der Waals surface area contributed by atoms with Gasteiger partial charge in [-0.3, -0.25) is 20.4 Å². The Labute approximate surface area is 168 Å². The van der Waals surface area contributed by atoms with Crippen molar-refractivity contribution in [3.8, 4) is 5.75 Å². The number of hydrogen-bond acceptors (Lipinski definition) is 4. The fourth-order valence-electron chi connectivity index (χ4n) is 2.57. The van der Waals surface area contributed by atoms with Gasteiger partial charge in [0.15, 0.2) is 6.61 Å². The molecule has 0 aliphatic rings. The fraction of sp³-hybridized carbons (Fsp3) is 0.0500. The third kappa shape index (κ3) is 4.29. The molecule has 0 atom stereocenters. The molecule has 0 aliphatic carbocycles. The van der Waals surface area contributed by atoms with Crippen molar-refractivity contribution in [3.05, 3.63) is 76.3 Å². The lowest BCUT2D eigenvalue weighted by Gasteiger charge is -2.12. The van der Waals surface area contributed by atoms with Gasteiger partial charge in [0.2, 0.25) is 0 Å². The number of amides is 2. The Morgan fingerprint density at radius 1 is 0.893 bits per heavy atom. The van der Waals surface area contributed by atoms with Gasteiger partial charge in [0, 0.05) is 0 Å². The average molecular weight is 443 g/mol. The number of carboxylic acid groups (broad SMARTS) is 1. The summed E-state index contributed by atoms with van der Waals surface area (Å²) in [6.45, 7) is -0.336. The number of benzene rings is 3. The molecule has 28 heavy (non-hydrogen) atoms. The molecule has 0 unspecified atom stereocenters. The molecule has 0 aliphatic heterocycles. The Morgan fingerprint density at radius 3 is 2.32 bits per heavy atom. The highest BCUT2D eigenvalue weighted by Gasteiger charge is 2.16. The van der Waals surface area contributed by atoms with Crippen molar-refractivity contribution < 1.29 is 24.2 Å². The minimum absolute atomic E-state index is 0.0616. The van der Waals surface area contributed by atoms with Gasteiger partial charge >= 0.3 is 5.97 Å². The van der Waals surface area contributed by atoms with E-state index in [4.69, 9.17) is 9.84 Å². The number of nitrogens with one attached hydrogen (secondary N) is 2. The lowest BCUT2D eigenvalue weighted by atomic mass is 10.1. The van der Waals surface area contributed by atoms with Crippen molar-refractivity contribution in [1.82, 2.24) is 10.9 Å². The van der Waals surface area contributed by atoms with Crippen LogP contribution < -0.4 is 15.6 Å². The number of halogens is 1. The highest BCUT2D eigenvalue weighted by molar-refractivity contribution is 9.10. The Hall–Kier alpha value is -3.39. The summed E-state index contributed by atoms with van der Waals surface area (Å²) in [7, 11) is 0. The maximum atomic E-state index is 12.1. The van der Waals surface area contributed by atoms with Crippen molar-refractivity contribution in [2.45, 2.75) is 0 Å². The number of carbonyl (C=O) groups excluding carboxylic acids is 2. The second kappa shape index (κ2) is 8.53. The molecule has 0 bridgehead atoms. The molecular formula is C20H15BrN2O5. The van der Waals surface area contributed by atoms with Gasteiger partial charge in [0.05, 0.1) is 15.6 Å². The quantitative estimate of drug-likeness (QED) is 0.526. The van der Waals surface area contributed by atoms with Gasteiger partial charge in [-0.05, 0) is 44.9 Å². The van der Waals surface area contributed by atoms with Crippen molar-refractivity contribution in [2.24, 2.45) is 0 Å². The predicted octanol–water partition coefficient (Wildman–Crippen LogP) is 3.14. The van der Waals surface area contributed by atoms with E-state index in [2.05, 4.69) is 26.8 Å². The maximum Gasteiger partial charge on any atom is 0.336 e. The molecule has 2 amide bonds. The fourth-order valence-corrected chi connectivity index (χ4v) is 3.17. The second-order valence-corrected chi connectivity index (χ2v) is 6.53. The van der Waals surface area contributed by atoms with Crippen LogP contribution in [0.15, 0.2) is 65.1 Å². The van der Waals surface area contributed by atoms with E-state index in [0.717, 1.165) is 15.2 Å². The van der Waals surface area contributed by atoms with E-state index in [1.807, 2.05) is 30.3 Å². The van der Waals surface area contributed by atoms with Crippen LogP contribution in [-0.4, -0.2) is 29.5 Å². The second-order valence-electron chi connectivity index (χ2n) is 5.74. The van der Waals surface area contributed by atoms with E-state index < -0.39 is 17.8 Å². The van der Waals surface area contributed by atoms with Crippen LogP contribution >= 0.6 is 15.9 Å². The molecule has 0 heterocycles. The summed E-state index contributed by atoms with van der Waals surface area (Å²) < 4.78 is 6.22. The van der Waals surface area contributed by atoms with Crippen LogP contribution in [0.2, 0.25) is 0 Å². The Morgan fingerprint density at radius 2 is 1.57 bits per heavy atom. The molecule has 0 fully saturated rings. The minimum atomic E-state index is -1.23. The third-order valence-electron chi connectivity index (χ3n) is 3.90. The van der Waals surface area contributed by atoms with Gasteiger partial charge < -0.3 is 9.84 Å². The van der Waals surface area contributed by atoms with Crippen molar-refractivity contribution in [2.75, 3.05) is 6.61 Å². The highest BCUT2D eigenvalue weighted by Crippen LogP contribution is 2.32. The standard InChI is InChI=1S/C20H15BrN2O5/c21-18-13-6-2-1-5-12(13)9-10-16(18)28-11-17(24)22-23-19(25)14-7-3-4-8-15(14)20(26)27/h1-10H,11H2,(H,22,24)(H,23,25)(H,26,27). The summed E-state index contributed by atoms with van der Waals surface area (Å²) in [5.41, 5.74) is 4.16. The molecule has 0 aromatic heterocycles. The topological polar surface area (TPSA) is 105 Å². The molecule has 3 aromatic carbocycles. The van der Waals surface area contributed by atoms with E-state index >= 15 is 0 Å². The van der Waals surface area contributed by atoms with Crippen LogP contribution in [0.25, 0.3) is 10.8 Å². The maximum absolute atomic E-state index is 12.1. The molecule has 0 saturated carbocycles. The lowest BCUT2D eigenvalue weighted by Crippen LogP contribution is -2.44. The summed E-state index contributed by atoms with van der Waals surface area (Å²) in [5.74, 6) is -2.09. The SMILES string of the molecule is O=C(COc1ccc2ccccc2c1Br)NNC(=O)c1ccccc1C(=O)O. The molecule has 3 aromatic rings. The number of carboxylic acids is 1. The number of hydrogen-bond donors (Lipinski definition) is 3. The molecule has 142 valence electrons. The first kappa shape index (κ1) is 19.4. The number of aromatic carboxylic acids is 1. The normalized spacial score (nSPS) is 10.3. The zero-order chi connectivity index (χ0) is 20.1. The monoisotopic (exact) mass is 442 g/mol. The third-order valence-corrected chi connectivity index (χ3v) is 4.72. The van der Waals surface area contributed by atoms with Gasteiger partial charge in [-0.2, -0.15) is 0 Å². The molecule has 8 heteroatoms. The van der Waals surface area contributed by atoms with E-state index in [-0.39, 0.29) is 17.7 Å². The number of fused-ring (bicyclic) bond motifs is 1. The summed E-state index contributed by atoms with van der Waals surface area (Å²) in [6.07, 6.45) is 0. The average Bonchev–Trinajstić information content (AvgIpc) is 2.71. The van der Waals surface area contributed by atoms with Gasteiger partial charge in [-0.1, -0.05) is 42.5 Å². The summed E-state index contributed by atoms with van der Waals surface area (Å²) in [4.78, 5) is 35.2. The summed E-state index contributed by atoms with van der Waals surface area (Å²) in [5, 5.41) is 11.1. The highest BCUT2D eigenvalue weighted by atomic mass is 79.9. The Bertz CT molecular complexity index is 1070. The van der Waals surface area contributed by atoms with E-state index in [0.29, 0.717) is 5.75 Å². The van der Waals surface area contributed by atoms with Crippen LogP contribution in [0.4, 0.5) is 0 Å². The molecule has 3 N–H and O–H groups in total. The van der Waals surface area contributed by atoms with Gasteiger partial charge in [-0.25, -0.2) is 4.79 Å². The van der Waals surface area contributed by atoms with Crippen LogP contribution in [0.1, 0.15) is 20.7 Å². The lowest BCUT2D eigenvalue weighted by molar-refractivity contribution is -0.123. The van der Waals surface area contributed by atoms with Gasteiger partial charge in [-0.15, -0.1) is 0 Å². The molecule has 3 rings (SSSR count). The molecule has 0 spiro atoms. The van der Waals surface area contributed by atoms with Crippen LogP contribution in [0.3, 0.4) is 0 Å². The Kier molecular flexibility index (Phi) is 5.90. The van der Waals surface area contributed by atoms with E-state index in [1.54, 1.807) is 6.07 Å². The summed E-state index contributed by atoms with van der Waals surface area (Å²) in [6, 6.07) is 17.0. The van der Waals surface area contributed by atoms with Crippen molar-refractivity contribution in [3.63, 3.8) is 0 Å². The predicted molar refractivity (Wildman–Crippen MR) is 106 cm³/mol. The van der Waals surface area contributed by atoms with Crippen molar-refractivity contribution >= 4 is 44.5 Å². The largest absolute Gasteiger partial charge is 0.483 e. The van der Waals surface area contributed by atoms with Gasteiger partial charge in [0.1, 0.15) is 5.75 Å². The van der Waals surface area contributed by atoms with E-state index in [1.165, 1.54) is 24.3 Å². The first-order chi connectivity index (χ1) is 13.5. The Balaban J connectivity index is 1.59. The molecule has 0 radical (unpaired) electrons. The van der Waals surface area contributed by atoms with Crippen LogP contribution in [0, 0.1) is 0 Å². The molecule has 7 nitrogen and oxygen atoms in total. The van der Waals surface area contributed by atoms with Crippen LogP contribution in [0.5, 0.6) is 5.75 Å². The molecule has 0 saturated heterocycles. The van der Waals surface area contributed by atoms with Gasteiger partial charge in [0.25, 0.3) is 11.8 Å². The first-order valence-electron chi connectivity index (χ1n) is 8.19. The first-order valence-corrected chi connectivity index (χ1v) is 8.98. The smallest absolute Gasteiger partial charge is 0.336 e. The van der Waals surface area contributed by atoms with Crippen LogP contribution in [-0.2, 0) is 4.79 Å². The zero-order valence-corrected chi connectivity index (χ0v) is 16.0. The number of rotatable bonds is 5. The number of carbonyl (C=O) groups is 3. The number of ether oxygens (including phenoxy) is 1.